The van der Waals surface area contributed by atoms with Crippen LogP contribution >= 0.6 is 0 Å². The van der Waals surface area contributed by atoms with Gasteiger partial charge in [-0.1, -0.05) is 20.8 Å². The highest BCUT2D eigenvalue weighted by atomic mass is 16.1. The summed E-state index contributed by atoms with van der Waals surface area (Å²) < 4.78 is 0. The summed E-state index contributed by atoms with van der Waals surface area (Å²) in [6.45, 7) is 6.25. The van der Waals surface area contributed by atoms with Crippen LogP contribution in [0.2, 0.25) is 0 Å². The van der Waals surface area contributed by atoms with Gasteiger partial charge < -0.3 is 0 Å². The zero-order valence-electron chi connectivity index (χ0n) is 7.76. The van der Waals surface area contributed by atoms with Crippen molar-refractivity contribution in [2.75, 3.05) is 0 Å². The zero-order chi connectivity index (χ0) is 8.43. The molecule has 1 rings (SSSR count). The number of ketones is 1. The molecule has 11 heavy (non-hydrogen) atoms. The molecular weight excluding hydrogens is 136 g/mol. The highest BCUT2D eigenvalue weighted by Crippen LogP contribution is 2.32. The highest BCUT2D eigenvalue weighted by molar-refractivity contribution is 5.83. The minimum atomic E-state index is 0.241. The van der Waals surface area contributed by atoms with Crippen LogP contribution in [0.5, 0.6) is 0 Å². The van der Waals surface area contributed by atoms with E-state index in [9.17, 15) is 4.79 Å². The summed E-state index contributed by atoms with van der Waals surface area (Å²) in [5.74, 6) is 1.90. The van der Waals surface area contributed by atoms with E-state index >= 15 is 0 Å². The molecule has 0 amide bonds. The summed E-state index contributed by atoms with van der Waals surface area (Å²) in [6, 6.07) is 0. The fourth-order valence-corrected chi connectivity index (χ4v) is 1.94. The van der Waals surface area contributed by atoms with Crippen LogP contribution in [0.4, 0.5) is 0 Å². The predicted octanol–water partition coefficient (Wildman–Crippen LogP) is 2.65. The van der Waals surface area contributed by atoms with Crippen LogP contribution in [-0.2, 0) is 4.79 Å². The van der Waals surface area contributed by atoms with E-state index in [1.165, 1.54) is 6.42 Å². The van der Waals surface area contributed by atoms with E-state index in [0.717, 1.165) is 18.8 Å². The standard InChI is InChI=1S/C10H18O/c1-7(2)10(11)9-5-4-8(3)6-9/h7-9H,4-6H2,1-3H3/t8-,9+/m0/s1. The molecule has 1 fully saturated rings. The van der Waals surface area contributed by atoms with E-state index in [-0.39, 0.29) is 5.92 Å². The maximum absolute atomic E-state index is 11.5. The minimum absolute atomic E-state index is 0.241. The Bertz CT molecular complexity index is 149. The minimum Gasteiger partial charge on any atom is -0.299 e. The molecule has 0 bridgehead atoms. The molecule has 0 spiro atoms. The monoisotopic (exact) mass is 154 g/mol. The maximum Gasteiger partial charge on any atom is 0.138 e. The summed E-state index contributed by atoms with van der Waals surface area (Å²) in [6.07, 6.45) is 3.53. The van der Waals surface area contributed by atoms with Crippen molar-refractivity contribution in [3.8, 4) is 0 Å². The van der Waals surface area contributed by atoms with E-state index in [1.54, 1.807) is 0 Å². The van der Waals surface area contributed by atoms with Crippen LogP contribution in [0.3, 0.4) is 0 Å². The first-order valence-electron chi connectivity index (χ1n) is 4.65. The molecule has 0 aromatic heterocycles. The molecule has 0 saturated heterocycles. The van der Waals surface area contributed by atoms with Crippen molar-refractivity contribution in [3.63, 3.8) is 0 Å². The molecule has 2 atom stereocenters. The highest BCUT2D eigenvalue weighted by Gasteiger charge is 2.28. The normalized spacial score (nSPS) is 31.3. The molecule has 0 unspecified atom stereocenters. The Morgan fingerprint density at radius 2 is 2.00 bits per heavy atom. The topological polar surface area (TPSA) is 17.1 Å². The molecule has 1 aliphatic carbocycles. The van der Waals surface area contributed by atoms with E-state index in [0.29, 0.717) is 11.7 Å². The van der Waals surface area contributed by atoms with Crippen molar-refractivity contribution in [3.05, 3.63) is 0 Å². The number of rotatable bonds is 2. The maximum atomic E-state index is 11.5. The lowest BCUT2D eigenvalue weighted by Gasteiger charge is -2.10. The first-order chi connectivity index (χ1) is 5.11. The molecule has 1 saturated carbocycles. The average molecular weight is 154 g/mol. The summed E-state index contributed by atoms with van der Waals surface area (Å²) >= 11 is 0. The van der Waals surface area contributed by atoms with Crippen molar-refractivity contribution in [1.29, 1.82) is 0 Å². The number of Topliss-reactive ketones (excluding diaryl/α,β-unsaturated/α-hetero) is 1. The SMILES string of the molecule is CC(C)C(=O)[C@@H]1CC[C@H](C)C1. The van der Waals surface area contributed by atoms with Gasteiger partial charge in [0.05, 0.1) is 0 Å². The number of carbonyl (C=O) groups excluding carboxylic acids is 1. The molecule has 0 aromatic rings. The Hall–Kier alpha value is -0.330. The van der Waals surface area contributed by atoms with Crippen LogP contribution in [0.15, 0.2) is 0 Å². The van der Waals surface area contributed by atoms with E-state index in [4.69, 9.17) is 0 Å². The Morgan fingerprint density at radius 1 is 1.36 bits per heavy atom. The molecule has 0 N–H and O–H groups in total. The lowest BCUT2D eigenvalue weighted by Crippen LogP contribution is -2.17. The second-order valence-electron chi connectivity index (χ2n) is 4.17. The number of hydrogen-bond donors (Lipinski definition) is 0. The lowest BCUT2D eigenvalue weighted by atomic mass is 9.93. The largest absolute Gasteiger partial charge is 0.299 e. The number of hydrogen-bond acceptors (Lipinski definition) is 1. The second-order valence-corrected chi connectivity index (χ2v) is 4.17. The Kier molecular flexibility index (Phi) is 2.69. The fourth-order valence-electron chi connectivity index (χ4n) is 1.94. The van der Waals surface area contributed by atoms with Gasteiger partial charge in [0.1, 0.15) is 5.78 Å². The first kappa shape index (κ1) is 8.76. The van der Waals surface area contributed by atoms with Gasteiger partial charge in [0.15, 0.2) is 0 Å². The average Bonchev–Trinajstić information content (AvgIpc) is 2.34. The Labute approximate surface area is 69.2 Å². The first-order valence-corrected chi connectivity index (χ1v) is 4.65. The molecule has 0 aromatic carbocycles. The third kappa shape index (κ3) is 2.05. The summed E-state index contributed by atoms with van der Waals surface area (Å²) in [4.78, 5) is 11.5. The summed E-state index contributed by atoms with van der Waals surface area (Å²) in [7, 11) is 0. The van der Waals surface area contributed by atoms with Gasteiger partial charge in [-0.05, 0) is 25.2 Å². The van der Waals surface area contributed by atoms with Crippen LogP contribution in [0.25, 0.3) is 0 Å². The molecule has 0 aliphatic heterocycles. The van der Waals surface area contributed by atoms with Gasteiger partial charge in [0.25, 0.3) is 0 Å². The molecular formula is C10H18O. The van der Waals surface area contributed by atoms with Crippen molar-refractivity contribution in [2.45, 2.75) is 40.0 Å². The van der Waals surface area contributed by atoms with Gasteiger partial charge >= 0.3 is 0 Å². The Balaban J connectivity index is 2.43. The molecule has 1 aliphatic rings. The zero-order valence-corrected chi connectivity index (χ0v) is 7.76. The van der Waals surface area contributed by atoms with Crippen molar-refractivity contribution in [1.82, 2.24) is 0 Å². The van der Waals surface area contributed by atoms with Gasteiger partial charge in [0.2, 0.25) is 0 Å². The van der Waals surface area contributed by atoms with Gasteiger partial charge in [0, 0.05) is 11.8 Å². The number of carbonyl (C=O) groups is 1. The van der Waals surface area contributed by atoms with Gasteiger partial charge in [-0.15, -0.1) is 0 Å². The van der Waals surface area contributed by atoms with Crippen molar-refractivity contribution >= 4 is 5.78 Å². The van der Waals surface area contributed by atoms with Crippen LogP contribution in [0, 0.1) is 17.8 Å². The molecule has 1 heteroatoms. The molecule has 0 heterocycles. The van der Waals surface area contributed by atoms with Gasteiger partial charge in [-0.25, -0.2) is 0 Å². The second kappa shape index (κ2) is 3.38. The van der Waals surface area contributed by atoms with Gasteiger partial charge in [-0.2, -0.15) is 0 Å². The van der Waals surface area contributed by atoms with Gasteiger partial charge in [-0.3, -0.25) is 4.79 Å². The van der Waals surface area contributed by atoms with Crippen molar-refractivity contribution < 1.29 is 4.79 Å². The molecule has 0 radical (unpaired) electrons. The molecule has 64 valence electrons. The van der Waals surface area contributed by atoms with Crippen molar-refractivity contribution in [2.24, 2.45) is 17.8 Å². The quantitative estimate of drug-likeness (QED) is 0.597. The van der Waals surface area contributed by atoms with E-state index in [1.807, 2.05) is 13.8 Å². The Morgan fingerprint density at radius 3 is 2.36 bits per heavy atom. The van der Waals surface area contributed by atoms with Crippen LogP contribution in [-0.4, -0.2) is 5.78 Å². The third-order valence-corrected chi connectivity index (χ3v) is 2.67. The summed E-state index contributed by atoms with van der Waals surface area (Å²) in [5, 5.41) is 0. The molecule has 1 nitrogen and oxygen atoms in total. The smallest absolute Gasteiger partial charge is 0.138 e. The fraction of sp³-hybridized carbons (Fsp3) is 0.900. The van der Waals surface area contributed by atoms with E-state index < -0.39 is 0 Å². The van der Waals surface area contributed by atoms with E-state index in [2.05, 4.69) is 6.92 Å². The predicted molar refractivity (Wildman–Crippen MR) is 46.4 cm³/mol. The van der Waals surface area contributed by atoms with Crippen LogP contribution in [0.1, 0.15) is 40.0 Å². The van der Waals surface area contributed by atoms with Crippen LogP contribution < -0.4 is 0 Å². The summed E-state index contributed by atoms with van der Waals surface area (Å²) in [5.41, 5.74) is 0. The lowest BCUT2D eigenvalue weighted by molar-refractivity contribution is -0.125. The third-order valence-electron chi connectivity index (χ3n) is 2.67.